The zero-order valence-electron chi connectivity index (χ0n) is 10.6. The van der Waals surface area contributed by atoms with E-state index in [1.165, 1.54) is 38.8 Å². The SMILES string of the molecule is O=c1cc(N2CCC(N3CCCCC3)C2)cn[nH]1. The molecule has 5 heteroatoms. The lowest BCUT2D eigenvalue weighted by atomic mass is 10.1. The number of hydrogen-bond acceptors (Lipinski definition) is 4. The van der Waals surface area contributed by atoms with E-state index in [9.17, 15) is 4.79 Å². The molecular weight excluding hydrogens is 228 g/mol. The Morgan fingerprint density at radius 3 is 2.83 bits per heavy atom. The highest BCUT2D eigenvalue weighted by Crippen LogP contribution is 2.23. The summed E-state index contributed by atoms with van der Waals surface area (Å²) in [5.74, 6) is 0. The highest BCUT2D eigenvalue weighted by Gasteiger charge is 2.28. The molecular formula is C13H20N4O. The zero-order valence-corrected chi connectivity index (χ0v) is 10.6. The van der Waals surface area contributed by atoms with Gasteiger partial charge in [-0.05, 0) is 32.4 Å². The van der Waals surface area contributed by atoms with Crippen molar-refractivity contribution >= 4 is 5.69 Å². The van der Waals surface area contributed by atoms with E-state index in [1.54, 1.807) is 12.3 Å². The quantitative estimate of drug-likeness (QED) is 0.842. The fourth-order valence-corrected chi connectivity index (χ4v) is 3.10. The first-order valence-corrected chi connectivity index (χ1v) is 6.87. The zero-order chi connectivity index (χ0) is 12.4. The Morgan fingerprint density at radius 2 is 2.06 bits per heavy atom. The Hall–Kier alpha value is -1.36. The lowest BCUT2D eigenvalue weighted by Gasteiger charge is -2.32. The second-order valence-electron chi connectivity index (χ2n) is 5.29. The topological polar surface area (TPSA) is 52.2 Å². The number of hydrogen-bond donors (Lipinski definition) is 1. The summed E-state index contributed by atoms with van der Waals surface area (Å²) in [6, 6.07) is 2.30. The second kappa shape index (κ2) is 5.10. The number of aromatic amines is 1. The van der Waals surface area contributed by atoms with Crippen molar-refractivity contribution in [2.75, 3.05) is 31.1 Å². The van der Waals surface area contributed by atoms with E-state index < -0.39 is 0 Å². The molecule has 1 aromatic heterocycles. The van der Waals surface area contributed by atoms with Gasteiger partial charge < -0.3 is 4.90 Å². The normalized spacial score (nSPS) is 25.6. The van der Waals surface area contributed by atoms with Crippen LogP contribution in [0.1, 0.15) is 25.7 Å². The van der Waals surface area contributed by atoms with Crippen LogP contribution >= 0.6 is 0 Å². The molecule has 0 spiro atoms. The summed E-state index contributed by atoms with van der Waals surface area (Å²) in [5.41, 5.74) is 0.840. The largest absolute Gasteiger partial charge is 0.368 e. The van der Waals surface area contributed by atoms with E-state index in [4.69, 9.17) is 0 Å². The van der Waals surface area contributed by atoms with Gasteiger partial charge in [0.2, 0.25) is 0 Å². The Kier molecular flexibility index (Phi) is 3.32. The minimum absolute atomic E-state index is 0.117. The van der Waals surface area contributed by atoms with Crippen LogP contribution in [0.5, 0.6) is 0 Å². The molecule has 0 bridgehead atoms. The molecule has 0 radical (unpaired) electrons. The molecule has 2 fully saturated rings. The van der Waals surface area contributed by atoms with Gasteiger partial charge in [0.05, 0.1) is 11.9 Å². The summed E-state index contributed by atoms with van der Waals surface area (Å²) in [6.45, 7) is 4.55. The number of nitrogens with one attached hydrogen (secondary N) is 1. The molecule has 1 aromatic rings. The van der Waals surface area contributed by atoms with Crippen molar-refractivity contribution in [2.45, 2.75) is 31.7 Å². The number of aromatic nitrogens is 2. The van der Waals surface area contributed by atoms with Crippen LogP contribution in [0.2, 0.25) is 0 Å². The van der Waals surface area contributed by atoms with E-state index in [0.29, 0.717) is 6.04 Å². The van der Waals surface area contributed by atoms with Gasteiger partial charge in [-0.15, -0.1) is 0 Å². The molecule has 0 amide bonds. The van der Waals surface area contributed by atoms with Crippen molar-refractivity contribution in [1.29, 1.82) is 0 Å². The summed E-state index contributed by atoms with van der Waals surface area (Å²) >= 11 is 0. The van der Waals surface area contributed by atoms with Gasteiger partial charge >= 0.3 is 0 Å². The summed E-state index contributed by atoms with van der Waals surface area (Å²) in [5, 5.41) is 6.30. The average molecular weight is 248 g/mol. The van der Waals surface area contributed by atoms with Crippen molar-refractivity contribution in [1.82, 2.24) is 15.1 Å². The Morgan fingerprint density at radius 1 is 1.22 bits per heavy atom. The Labute approximate surface area is 107 Å². The third-order valence-corrected chi connectivity index (χ3v) is 4.09. The van der Waals surface area contributed by atoms with Gasteiger partial charge in [-0.1, -0.05) is 6.42 Å². The van der Waals surface area contributed by atoms with Crippen molar-refractivity contribution < 1.29 is 0 Å². The molecule has 0 aliphatic carbocycles. The van der Waals surface area contributed by atoms with Gasteiger partial charge in [0.1, 0.15) is 0 Å². The van der Waals surface area contributed by atoms with Crippen molar-refractivity contribution in [3.05, 3.63) is 22.6 Å². The number of likely N-dealkylation sites (tertiary alicyclic amines) is 1. The summed E-state index contributed by atoms with van der Waals surface area (Å²) < 4.78 is 0. The van der Waals surface area contributed by atoms with Crippen molar-refractivity contribution in [2.24, 2.45) is 0 Å². The molecule has 3 heterocycles. The van der Waals surface area contributed by atoms with Crippen LogP contribution < -0.4 is 10.5 Å². The predicted molar refractivity (Wildman–Crippen MR) is 70.9 cm³/mol. The molecule has 5 nitrogen and oxygen atoms in total. The molecule has 2 aliphatic heterocycles. The highest BCUT2D eigenvalue weighted by molar-refractivity contribution is 5.44. The number of piperidine rings is 1. The fourth-order valence-electron chi connectivity index (χ4n) is 3.10. The number of rotatable bonds is 2. The maximum Gasteiger partial charge on any atom is 0.266 e. The Bertz CT molecular complexity index is 452. The van der Waals surface area contributed by atoms with Gasteiger partial charge in [-0.25, -0.2) is 5.10 Å². The van der Waals surface area contributed by atoms with Crippen LogP contribution in [0, 0.1) is 0 Å². The molecule has 0 saturated carbocycles. The Balaban J connectivity index is 1.66. The van der Waals surface area contributed by atoms with E-state index in [0.717, 1.165) is 18.8 Å². The van der Waals surface area contributed by atoms with Gasteiger partial charge in [0.25, 0.3) is 5.56 Å². The van der Waals surface area contributed by atoms with E-state index in [1.807, 2.05) is 0 Å². The van der Waals surface area contributed by atoms with Crippen LogP contribution in [-0.4, -0.2) is 47.3 Å². The minimum Gasteiger partial charge on any atom is -0.368 e. The molecule has 3 rings (SSSR count). The van der Waals surface area contributed by atoms with E-state index in [2.05, 4.69) is 20.0 Å². The summed E-state index contributed by atoms with van der Waals surface area (Å²) in [6.07, 6.45) is 7.00. The van der Waals surface area contributed by atoms with Crippen LogP contribution in [0.25, 0.3) is 0 Å². The van der Waals surface area contributed by atoms with Crippen LogP contribution in [0.3, 0.4) is 0 Å². The van der Waals surface area contributed by atoms with Gasteiger partial charge in [-0.3, -0.25) is 9.69 Å². The minimum atomic E-state index is -0.117. The maximum absolute atomic E-state index is 11.3. The number of anilines is 1. The maximum atomic E-state index is 11.3. The molecule has 2 saturated heterocycles. The third kappa shape index (κ3) is 2.41. The average Bonchev–Trinajstić information content (AvgIpc) is 2.89. The fraction of sp³-hybridized carbons (Fsp3) is 0.692. The van der Waals surface area contributed by atoms with Gasteiger partial charge in [0.15, 0.2) is 0 Å². The first-order chi connectivity index (χ1) is 8.83. The molecule has 1 atom stereocenters. The number of H-pyrrole nitrogens is 1. The lowest BCUT2D eigenvalue weighted by molar-refractivity contribution is 0.175. The molecule has 98 valence electrons. The van der Waals surface area contributed by atoms with E-state index in [-0.39, 0.29) is 5.56 Å². The number of nitrogens with zero attached hydrogens (tertiary/aromatic N) is 3. The standard InChI is InChI=1S/C13H20N4O/c18-13-8-12(9-14-15-13)17-7-4-11(10-17)16-5-2-1-3-6-16/h8-9,11H,1-7,10H2,(H,15,18). The van der Waals surface area contributed by atoms with Crippen LogP contribution in [0.15, 0.2) is 17.1 Å². The summed E-state index contributed by atoms with van der Waals surface area (Å²) in [7, 11) is 0. The third-order valence-electron chi connectivity index (χ3n) is 4.09. The molecule has 18 heavy (non-hydrogen) atoms. The van der Waals surface area contributed by atoms with Gasteiger partial charge in [0, 0.05) is 25.2 Å². The smallest absolute Gasteiger partial charge is 0.266 e. The molecule has 1 unspecified atom stereocenters. The van der Waals surface area contributed by atoms with E-state index >= 15 is 0 Å². The summed E-state index contributed by atoms with van der Waals surface area (Å²) in [4.78, 5) is 16.2. The van der Waals surface area contributed by atoms with Crippen LogP contribution in [-0.2, 0) is 0 Å². The monoisotopic (exact) mass is 248 g/mol. The highest BCUT2D eigenvalue weighted by atomic mass is 16.1. The lowest BCUT2D eigenvalue weighted by Crippen LogP contribution is -2.40. The van der Waals surface area contributed by atoms with Crippen molar-refractivity contribution in [3.8, 4) is 0 Å². The van der Waals surface area contributed by atoms with Crippen molar-refractivity contribution in [3.63, 3.8) is 0 Å². The molecule has 1 N–H and O–H groups in total. The molecule has 0 aromatic carbocycles. The predicted octanol–water partition coefficient (Wildman–Crippen LogP) is 0.834. The first-order valence-electron chi connectivity index (χ1n) is 6.87. The van der Waals surface area contributed by atoms with Crippen LogP contribution in [0.4, 0.5) is 5.69 Å². The molecule has 2 aliphatic rings. The van der Waals surface area contributed by atoms with Gasteiger partial charge in [-0.2, -0.15) is 5.10 Å². The first kappa shape index (κ1) is 11.7. The second-order valence-corrected chi connectivity index (χ2v) is 5.29.